The van der Waals surface area contributed by atoms with Gasteiger partial charge in [-0.1, -0.05) is 6.92 Å². The predicted octanol–water partition coefficient (Wildman–Crippen LogP) is 3.04. The molecule has 2 heterocycles. The average molecular weight is 350 g/mol. The van der Waals surface area contributed by atoms with E-state index in [9.17, 15) is 14.9 Å². The van der Waals surface area contributed by atoms with E-state index in [1.54, 1.807) is 13.0 Å². The monoisotopic (exact) mass is 350 g/mol. The van der Waals surface area contributed by atoms with Gasteiger partial charge in [0.25, 0.3) is 0 Å². The number of amides is 1. The van der Waals surface area contributed by atoms with E-state index in [1.807, 2.05) is 25.7 Å². The van der Waals surface area contributed by atoms with Crippen molar-refractivity contribution >= 4 is 17.5 Å². The number of carbonyl (C=O) groups is 1. The summed E-state index contributed by atoms with van der Waals surface area (Å²) in [6.07, 6.45) is 1.63. The molecule has 2 atom stereocenters. The Bertz CT molecular complexity index is 657. The maximum absolute atomic E-state index is 12.0. The molecular formula is C17H26N4O4. The predicted molar refractivity (Wildman–Crippen MR) is 94.8 cm³/mol. The van der Waals surface area contributed by atoms with Gasteiger partial charge in [-0.15, -0.1) is 0 Å². The molecule has 25 heavy (non-hydrogen) atoms. The van der Waals surface area contributed by atoms with Crippen LogP contribution in [0.2, 0.25) is 0 Å². The van der Waals surface area contributed by atoms with E-state index in [4.69, 9.17) is 4.74 Å². The zero-order valence-corrected chi connectivity index (χ0v) is 15.4. The quantitative estimate of drug-likeness (QED) is 0.665. The van der Waals surface area contributed by atoms with Crippen LogP contribution in [0.25, 0.3) is 0 Å². The lowest BCUT2D eigenvalue weighted by Gasteiger charge is -2.38. The number of aromatic nitrogens is 1. The van der Waals surface area contributed by atoms with Crippen LogP contribution in [0.5, 0.6) is 0 Å². The average Bonchev–Trinajstić information content (AvgIpc) is 2.43. The van der Waals surface area contributed by atoms with Gasteiger partial charge in [0.15, 0.2) is 0 Å². The molecule has 0 saturated carbocycles. The van der Waals surface area contributed by atoms with Crippen LogP contribution in [0.15, 0.2) is 12.3 Å². The molecule has 1 aliphatic heterocycles. The molecule has 1 fully saturated rings. The van der Waals surface area contributed by atoms with E-state index in [2.05, 4.69) is 17.2 Å². The summed E-state index contributed by atoms with van der Waals surface area (Å²) in [5.74, 6) is 0.279. The van der Waals surface area contributed by atoms with Crippen molar-refractivity contribution in [1.82, 2.24) is 10.3 Å². The van der Waals surface area contributed by atoms with E-state index in [-0.39, 0.29) is 17.6 Å². The smallest absolute Gasteiger partial charge is 0.407 e. The number of hydrogen-bond acceptors (Lipinski definition) is 6. The van der Waals surface area contributed by atoms with Crippen molar-refractivity contribution in [2.45, 2.75) is 52.7 Å². The van der Waals surface area contributed by atoms with Gasteiger partial charge in [0.2, 0.25) is 0 Å². The maximum atomic E-state index is 12.0. The fourth-order valence-electron chi connectivity index (χ4n) is 3.06. The summed E-state index contributed by atoms with van der Waals surface area (Å²) in [6, 6.07) is 1.59. The lowest BCUT2D eigenvalue weighted by Crippen LogP contribution is -2.51. The second-order valence-corrected chi connectivity index (χ2v) is 7.66. The molecule has 0 aliphatic carbocycles. The Morgan fingerprint density at radius 3 is 2.72 bits per heavy atom. The summed E-state index contributed by atoms with van der Waals surface area (Å²) in [5, 5.41) is 14.2. The Kier molecular flexibility index (Phi) is 5.49. The molecule has 1 saturated heterocycles. The summed E-state index contributed by atoms with van der Waals surface area (Å²) < 4.78 is 5.31. The van der Waals surface area contributed by atoms with Crippen molar-refractivity contribution in [3.8, 4) is 0 Å². The fraction of sp³-hybridized carbons (Fsp3) is 0.647. The van der Waals surface area contributed by atoms with Gasteiger partial charge in [-0.25, -0.2) is 4.79 Å². The van der Waals surface area contributed by atoms with E-state index >= 15 is 0 Å². The summed E-state index contributed by atoms with van der Waals surface area (Å²) in [4.78, 5) is 28.9. The van der Waals surface area contributed by atoms with Crippen LogP contribution in [0, 0.1) is 23.0 Å². The summed E-state index contributed by atoms with van der Waals surface area (Å²) in [5.41, 5.74) is 0.677. The molecule has 1 aromatic rings. The molecule has 8 nitrogen and oxygen atoms in total. The molecule has 1 amide bonds. The van der Waals surface area contributed by atoms with Gasteiger partial charge in [0, 0.05) is 24.8 Å². The third-order valence-corrected chi connectivity index (χ3v) is 3.92. The highest BCUT2D eigenvalue weighted by molar-refractivity contribution is 5.68. The van der Waals surface area contributed by atoms with Crippen LogP contribution in [-0.4, -0.2) is 40.7 Å². The van der Waals surface area contributed by atoms with Crippen LogP contribution >= 0.6 is 0 Å². The van der Waals surface area contributed by atoms with Gasteiger partial charge in [-0.2, -0.15) is 0 Å². The van der Waals surface area contributed by atoms with Crippen molar-refractivity contribution in [2.75, 3.05) is 18.0 Å². The zero-order chi connectivity index (χ0) is 18.8. The Morgan fingerprint density at radius 1 is 1.44 bits per heavy atom. The standard InChI is InChI=1S/C17H26N4O4/c1-11-6-13(19-16(22)25-17(3,4)5)10-20(9-11)14-7-12(2)18-8-15(14)21(23)24/h7-8,11,13H,6,9-10H2,1-5H3,(H,19,22)/t11-,13+/m1/s1. The Morgan fingerprint density at radius 2 is 2.12 bits per heavy atom. The molecule has 1 aromatic heterocycles. The van der Waals surface area contributed by atoms with Gasteiger partial charge in [0.05, 0.1) is 4.92 Å². The molecule has 0 unspecified atom stereocenters. The highest BCUT2D eigenvalue weighted by Crippen LogP contribution is 2.31. The minimum atomic E-state index is -0.564. The number of ether oxygens (including phenoxy) is 1. The van der Waals surface area contributed by atoms with Crippen molar-refractivity contribution < 1.29 is 14.5 Å². The minimum Gasteiger partial charge on any atom is -0.444 e. The highest BCUT2D eigenvalue weighted by atomic mass is 16.6. The molecule has 2 rings (SSSR count). The number of pyridine rings is 1. The molecule has 138 valence electrons. The topological polar surface area (TPSA) is 97.6 Å². The van der Waals surface area contributed by atoms with E-state index in [0.29, 0.717) is 18.8 Å². The second-order valence-electron chi connectivity index (χ2n) is 7.66. The Hall–Kier alpha value is -2.38. The zero-order valence-electron chi connectivity index (χ0n) is 15.4. The first kappa shape index (κ1) is 19.0. The number of hydrogen-bond donors (Lipinski definition) is 1. The number of alkyl carbamates (subject to hydrolysis) is 1. The van der Waals surface area contributed by atoms with E-state index < -0.39 is 16.6 Å². The van der Waals surface area contributed by atoms with Gasteiger partial charge < -0.3 is 15.0 Å². The number of nitro groups is 1. The van der Waals surface area contributed by atoms with Gasteiger partial charge in [-0.3, -0.25) is 15.1 Å². The summed E-state index contributed by atoms with van der Waals surface area (Å²) >= 11 is 0. The van der Waals surface area contributed by atoms with Crippen molar-refractivity contribution in [2.24, 2.45) is 5.92 Å². The van der Waals surface area contributed by atoms with Crippen LogP contribution in [0.4, 0.5) is 16.2 Å². The number of carbonyl (C=O) groups excluding carboxylic acids is 1. The molecular weight excluding hydrogens is 324 g/mol. The van der Waals surface area contributed by atoms with Crippen LogP contribution in [0.1, 0.15) is 39.8 Å². The molecule has 1 N–H and O–H groups in total. The lowest BCUT2D eigenvalue weighted by molar-refractivity contribution is -0.384. The third kappa shape index (κ3) is 5.30. The SMILES string of the molecule is Cc1cc(N2C[C@H](C)C[C@H](NC(=O)OC(C)(C)C)C2)c([N+](=O)[O-])cn1. The van der Waals surface area contributed by atoms with E-state index in [0.717, 1.165) is 12.1 Å². The number of anilines is 1. The molecule has 8 heteroatoms. The van der Waals surface area contributed by atoms with Crippen LogP contribution in [-0.2, 0) is 4.74 Å². The highest BCUT2D eigenvalue weighted by Gasteiger charge is 2.31. The van der Waals surface area contributed by atoms with E-state index in [1.165, 1.54) is 6.20 Å². The first-order valence-electron chi connectivity index (χ1n) is 8.40. The molecule has 0 bridgehead atoms. The van der Waals surface area contributed by atoms with Crippen LogP contribution in [0.3, 0.4) is 0 Å². The van der Waals surface area contributed by atoms with Crippen molar-refractivity contribution in [1.29, 1.82) is 0 Å². The minimum absolute atomic E-state index is 0.0179. The fourth-order valence-corrected chi connectivity index (χ4v) is 3.06. The van der Waals surface area contributed by atoms with Gasteiger partial charge >= 0.3 is 11.8 Å². The van der Waals surface area contributed by atoms with Crippen molar-refractivity contribution in [3.05, 3.63) is 28.1 Å². The summed E-state index contributed by atoms with van der Waals surface area (Å²) in [6.45, 7) is 10.5. The summed E-state index contributed by atoms with van der Waals surface area (Å²) in [7, 11) is 0. The van der Waals surface area contributed by atoms with Gasteiger partial charge in [0.1, 0.15) is 17.5 Å². The normalized spacial score (nSPS) is 20.9. The molecule has 0 aromatic carbocycles. The number of piperidine rings is 1. The number of rotatable bonds is 3. The van der Waals surface area contributed by atoms with Crippen molar-refractivity contribution in [3.63, 3.8) is 0 Å². The Balaban J connectivity index is 2.17. The number of nitrogens with zero attached hydrogens (tertiary/aromatic N) is 3. The third-order valence-electron chi connectivity index (χ3n) is 3.92. The number of aryl methyl sites for hydroxylation is 1. The largest absolute Gasteiger partial charge is 0.444 e. The lowest BCUT2D eigenvalue weighted by atomic mass is 9.95. The molecule has 0 radical (unpaired) electrons. The van der Waals surface area contributed by atoms with Gasteiger partial charge in [-0.05, 0) is 46.1 Å². The number of nitrogens with one attached hydrogen (secondary N) is 1. The maximum Gasteiger partial charge on any atom is 0.407 e. The Labute approximate surface area is 147 Å². The first-order valence-corrected chi connectivity index (χ1v) is 8.40. The van der Waals surface area contributed by atoms with Crippen LogP contribution < -0.4 is 10.2 Å². The first-order chi connectivity index (χ1) is 11.5. The second kappa shape index (κ2) is 7.25. The molecule has 0 spiro atoms. The molecule has 1 aliphatic rings.